The second kappa shape index (κ2) is 7.83. The Kier molecular flexibility index (Phi) is 5.10. The summed E-state index contributed by atoms with van der Waals surface area (Å²) in [7, 11) is 4.28. The third kappa shape index (κ3) is 3.41. The first kappa shape index (κ1) is 20.8. The first-order chi connectivity index (χ1) is 15.4. The van der Waals surface area contributed by atoms with E-state index in [-0.39, 0.29) is 11.5 Å². The minimum atomic E-state index is -0.104. The molecule has 5 rings (SSSR count). The fraction of sp³-hybridized carbons (Fsp3) is 0.310. The molecule has 0 amide bonds. The number of likely N-dealkylation sites (N-methyl/N-ethyl adjacent to an activating group) is 1. The maximum absolute atomic E-state index is 6.07. The van der Waals surface area contributed by atoms with Crippen LogP contribution in [0.2, 0.25) is 0 Å². The summed E-state index contributed by atoms with van der Waals surface area (Å²) in [6, 6.07) is 21.7. The lowest BCUT2D eigenvalue weighted by Gasteiger charge is -2.42. The fourth-order valence-electron chi connectivity index (χ4n) is 5.53. The molecule has 3 aromatic carbocycles. The predicted octanol–water partition coefficient (Wildman–Crippen LogP) is 4.75. The van der Waals surface area contributed by atoms with Gasteiger partial charge in [-0.3, -0.25) is 0 Å². The van der Waals surface area contributed by atoms with Crippen LogP contribution >= 0.6 is 0 Å². The third-order valence-corrected chi connectivity index (χ3v) is 6.93. The molecule has 0 spiro atoms. The molecule has 1 atom stereocenters. The number of para-hydroxylation sites is 1. The molecular weight excluding hydrogens is 392 g/mol. The van der Waals surface area contributed by atoms with Gasteiger partial charge in [0, 0.05) is 39.7 Å². The van der Waals surface area contributed by atoms with E-state index in [2.05, 4.69) is 93.6 Å². The van der Waals surface area contributed by atoms with E-state index in [0.29, 0.717) is 0 Å². The maximum atomic E-state index is 6.07. The van der Waals surface area contributed by atoms with Crippen molar-refractivity contribution in [2.75, 3.05) is 26.0 Å². The van der Waals surface area contributed by atoms with Crippen LogP contribution in [0.5, 0.6) is 5.75 Å². The Morgan fingerprint density at radius 3 is 2.50 bits per heavy atom. The highest BCUT2D eigenvalue weighted by atomic mass is 16.5. The van der Waals surface area contributed by atoms with E-state index in [1.54, 1.807) is 0 Å². The van der Waals surface area contributed by atoms with Gasteiger partial charge >= 0.3 is 0 Å². The van der Waals surface area contributed by atoms with E-state index in [9.17, 15) is 0 Å². The van der Waals surface area contributed by atoms with E-state index in [4.69, 9.17) is 4.74 Å². The first-order valence-electron chi connectivity index (χ1n) is 11.5. The quantitative estimate of drug-likeness (QED) is 0.654. The summed E-state index contributed by atoms with van der Waals surface area (Å²) >= 11 is 0. The van der Waals surface area contributed by atoms with E-state index >= 15 is 0 Å². The zero-order valence-electron chi connectivity index (χ0n) is 19.7. The lowest BCUT2D eigenvalue weighted by atomic mass is 9.72. The van der Waals surface area contributed by atoms with E-state index in [1.165, 1.54) is 38.4 Å². The average Bonchev–Trinajstić information content (AvgIpc) is 2.77. The van der Waals surface area contributed by atoms with Crippen molar-refractivity contribution in [2.45, 2.75) is 38.6 Å². The van der Waals surface area contributed by atoms with Crippen LogP contribution in [-0.2, 0) is 6.42 Å². The molecule has 3 heteroatoms. The number of nitrogens with one attached hydrogen (secondary N) is 1. The Bertz CT molecular complexity index is 1300. The highest BCUT2D eigenvalue weighted by Crippen LogP contribution is 2.41. The van der Waals surface area contributed by atoms with Crippen LogP contribution in [0.25, 0.3) is 23.0 Å². The Labute approximate surface area is 191 Å². The van der Waals surface area contributed by atoms with Crippen molar-refractivity contribution in [3.63, 3.8) is 0 Å². The van der Waals surface area contributed by atoms with E-state index < -0.39 is 0 Å². The molecule has 0 fully saturated rings. The fourth-order valence-corrected chi connectivity index (χ4v) is 5.53. The third-order valence-electron chi connectivity index (χ3n) is 6.93. The Morgan fingerprint density at radius 2 is 1.69 bits per heavy atom. The standard InChI is InChI=1S/C29H32N2O/c1-19-27-24-18-32-26-13-9-8-12-23(26)22(24)14-15-25(27)30-29(2,3)28(19)21-11-7-6-10-20(21)16-17-31(4)5/h6-15,18,28,30H,16-17H2,1-5H3. The number of fused-ring (bicyclic) bond motifs is 5. The molecule has 32 heavy (non-hydrogen) atoms. The van der Waals surface area contributed by atoms with Crippen LogP contribution in [-0.4, -0.2) is 31.1 Å². The minimum absolute atomic E-state index is 0.104. The van der Waals surface area contributed by atoms with Gasteiger partial charge in [0.15, 0.2) is 0 Å². The monoisotopic (exact) mass is 424 g/mol. The largest absolute Gasteiger partial charge is 0.464 e. The van der Waals surface area contributed by atoms with Crippen molar-refractivity contribution >= 4 is 17.5 Å². The van der Waals surface area contributed by atoms with E-state index in [1.807, 2.05) is 18.4 Å². The summed E-state index contributed by atoms with van der Waals surface area (Å²) in [5.74, 6) is 1.19. The molecule has 0 bridgehead atoms. The molecule has 0 saturated heterocycles. The van der Waals surface area contributed by atoms with Crippen molar-refractivity contribution in [1.29, 1.82) is 0 Å². The molecule has 0 radical (unpaired) electrons. The second-order valence-electron chi connectivity index (χ2n) is 9.90. The number of nitrogens with zero attached hydrogens (tertiary/aromatic N) is 1. The van der Waals surface area contributed by atoms with Crippen molar-refractivity contribution < 1.29 is 4.74 Å². The van der Waals surface area contributed by atoms with Crippen LogP contribution < -0.4 is 20.5 Å². The van der Waals surface area contributed by atoms with Crippen LogP contribution in [0.1, 0.15) is 37.8 Å². The van der Waals surface area contributed by atoms with Crippen LogP contribution in [0.4, 0.5) is 5.69 Å². The van der Waals surface area contributed by atoms with Gasteiger partial charge in [-0.1, -0.05) is 54.1 Å². The summed E-state index contributed by atoms with van der Waals surface area (Å²) in [4.78, 5) is 2.26. The molecule has 1 N–H and O–H groups in total. The maximum Gasteiger partial charge on any atom is 0.134 e. The number of rotatable bonds is 4. The van der Waals surface area contributed by atoms with Crippen molar-refractivity contribution in [2.24, 2.45) is 0 Å². The SMILES string of the molecule is CC1=c2c(ccc3c2=COc2ccccc2-3)NC(C)(C)C1c1ccccc1CCN(C)C. The molecule has 2 heterocycles. The van der Waals surface area contributed by atoms with Crippen LogP contribution in [0.15, 0.2) is 60.7 Å². The molecular formula is C29H32N2O. The van der Waals surface area contributed by atoms with Crippen molar-refractivity contribution in [3.8, 4) is 16.9 Å². The molecule has 3 aromatic rings. The summed E-state index contributed by atoms with van der Waals surface area (Å²) in [5.41, 5.74) is 7.74. The zero-order valence-corrected chi connectivity index (χ0v) is 19.7. The Balaban J connectivity index is 1.73. The number of anilines is 1. The summed E-state index contributed by atoms with van der Waals surface area (Å²) in [6.45, 7) is 7.99. The predicted molar refractivity (Wildman–Crippen MR) is 134 cm³/mol. The van der Waals surface area contributed by atoms with Gasteiger partial charge in [0.2, 0.25) is 0 Å². The smallest absolute Gasteiger partial charge is 0.134 e. The second-order valence-corrected chi connectivity index (χ2v) is 9.90. The molecule has 0 saturated carbocycles. The molecule has 2 aliphatic rings. The molecule has 0 aliphatic carbocycles. The van der Waals surface area contributed by atoms with Gasteiger partial charge in [0.25, 0.3) is 0 Å². The minimum Gasteiger partial charge on any atom is -0.464 e. The van der Waals surface area contributed by atoms with Gasteiger partial charge in [-0.15, -0.1) is 0 Å². The van der Waals surface area contributed by atoms with Gasteiger partial charge in [0.1, 0.15) is 5.75 Å². The van der Waals surface area contributed by atoms with Gasteiger partial charge < -0.3 is 15.0 Å². The zero-order chi connectivity index (χ0) is 22.5. The molecule has 3 nitrogen and oxygen atoms in total. The topological polar surface area (TPSA) is 24.5 Å². The summed E-state index contributed by atoms with van der Waals surface area (Å²) in [6.07, 6.45) is 2.99. The number of ether oxygens (including phenoxy) is 1. The highest BCUT2D eigenvalue weighted by Gasteiger charge is 2.37. The number of hydrogen-bond donors (Lipinski definition) is 1. The van der Waals surface area contributed by atoms with Crippen LogP contribution in [0, 0.1) is 0 Å². The highest BCUT2D eigenvalue weighted by molar-refractivity contribution is 5.79. The molecule has 1 unspecified atom stereocenters. The van der Waals surface area contributed by atoms with Crippen molar-refractivity contribution in [1.82, 2.24) is 4.90 Å². The lowest BCUT2D eigenvalue weighted by Crippen LogP contribution is -2.49. The van der Waals surface area contributed by atoms with E-state index in [0.717, 1.165) is 24.3 Å². The Hall–Kier alpha value is -3.04. The van der Waals surface area contributed by atoms with Gasteiger partial charge in [-0.05, 0) is 70.1 Å². The average molecular weight is 425 g/mol. The summed E-state index contributed by atoms with van der Waals surface area (Å²) < 4.78 is 6.07. The van der Waals surface area contributed by atoms with Gasteiger partial charge in [-0.2, -0.15) is 0 Å². The molecule has 164 valence electrons. The number of benzene rings is 3. The van der Waals surface area contributed by atoms with Crippen LogP contribution in [0.3, 0.4) is 0 Å². The number of hydrogen-bond acceptors (Lipinski definition) is 3. The van der Waals surface area contributed by atoms with Gasteiger partial charge in [-0.25, -0.2) is 0 Å². The normalized spacial score (nSPS) is 18.1. The van der Waals surface area contributed by atoms with Gasteiger partial charge in [0.05, 0.1) is 6.26 Å². The molecule has 0 aromatic heterocycles. The van der Waals surface area contributed by atoms with Crippen molar-refractivity contribution in [3.05, 3.63) is 82.2 Å². The Morgan fingerprint density at radius 1 is 0.938 bits per heavy atom. The molecule has 2 aliphatic heterocycles. The summed E-state index contributed by atoms with van der Waals surface area (Å²) in [5, 5.41) is 6.33. The lowest BCUT2D eigenvalue weighted by molar-refractivity contribution is 0.412. The first-order valence-corrected chi connectivity index (χ1v) is 11.5.